The Hall–Kier alpha value is -2.57. The van der Waals surface area contributed by atoms with E-state index in [0.29, 0.717) is 21.2 Å². The molecule has 2 aromatic rings. The number of para-hydroxylation sites is 1. The lowest BCUT2D eigenvalue weighted by Crippen LogP contribution is -2.37. The zero-order valence-corrected chi connectivity index (χ0v) is 13.8. The first kappa shape index (κ1) is 17.8. The molecule has 24 heavy (non-hydrogen) atoms. The molecule has 0 aromatic heterocycles. The summed E-state index contributed by atoms with van der Waals surface area (Å²) in [6.45, 7) is 0.0748. The number of phenols is 1. The summed E-state index contributed by atoms with van der Waals surface area (Å²) >= 11 is 11.8. The maximum absolute atomic E-state index is 11.7. The van der Waals surface area contributed by atoms with Crippen LogP contribution in [0.1, 0.15) is 11.1 Å². The van der Waals surface area contributed by atoms with Crippen LogP contribution in [0.2, 0.25) is 10.0 Å². The molecule has 0 saturated carbocycles. The summed E-state index contributed by atoms with van der Waals surface area (Å²) in [5.41, 5.74) is 3.10. The second-order valence-electron chi connectivity index (χ2n) is 4.68. The molecule has 2 amide bonds. The molecule has 0 aliphatic rings. The van der Waals surface area contributed by atoms with Crippen molar-refractivity contribution in [2.45, 2.75) is 6.54 Å². The van der Waals surface area contributed by atoms with Crippen LogP contribution in [0.15, 0.2) is 47.6 Å². The van der Waals surface area contributed by atoms with Crippen LogP contribution in [0.25, 0.3) is 0 Å². The maximum Gasteiger partial charge on any atom is 0.329 e. The fraction of sp³-hybridized carbons (Fsp3) is 0.0625. The number of carbonyl (C=O) groups excluding carboxylic acids is 2. The predicted octanol–water partition coefficient (Wildman–Crippen LogP) is 2.47. The number of carbonyl (C=O) groups is 2. The molecule has 0 aliphatic heterocycles. The lowest BCUT2D eigenvalue weighted by molar-refractivity contribution is -0.139. The van der Waals surface area contributed by atoms with Gasteiger partial charge in [0.15, 0.2) is 0 Å². The Morgan fingerprint density at radius 2 is 1.88 bits per heavy atom. The summed E-state index contributed by atoms with van der Waals surface area (Å²) in [6, 6.07) is 11.3. The van der Waals surface area contributed by atoms with Crippen LogP contribution in [0.5, 0.6) is 5.75 Å². The summed E-state index contributed by atoms with van der Waals surface area (Å²) < 4.78 is 0. The largest absolute Gasteiger partial charge is 0.507 e. The Kier molecular flexibility index (Phi) is 6.17. The minimum atomic E-state index is -0.938. The van der Waals surface area contributed by atoms with Crippen molar-refractivity contribution in [1.29, 1.82) is 0 Å². The molecule has 0 fully saturated rings. The molecule has 2 rings (SSSR count). The number of nitrogens with one attached hydrogen (secondary N) is 2. The number of hydrazone groups is 1. The fourth-order valence-electron chi connectivity index (χ4n) is 1.73. The Labute approximate surface area is 148 Å². The molecule has 0 spiro atoms. The van der Waals surface area contributed by atoms with Crippen molar-refractivity contribution < 1.29 is 14.7 Å². The van der Waals surface area contributed by atoms with Gasteiger partial charge in [0, 0.05) is 22.2 Å². The summed E-state index contributed by atoms with van der Waals surface area (Å²) in [6.07, 6.45) is 1.23. The highest BCUT2D eigenvalue weighted by atomic mass is 35.5. The molecular weight excluding hydrogens is 353 g/mol. The number of halogens is 2. The van der Waals surface area contributed by atoms with Crippen LogP contribution in [-0.4, -0.2) is 23.1 Å². The van der Waals surface area contributed by atoms with Gasteiger partial charge in [-0.3, -0.25) is 9.59 Å². The quantitative estimate of drug-likeness (QED) is 0.441. The molecule has 6 nitrogen and oxygen atoms in total. The Balaban J connectivity index is 1.86. The number of phenolic OH excluding ortho intramolecular Hbond substituents is 1. The third kappa shape index (κ3) is 4.97. The van der Waals surface area contributed by atoms with Gasteiger partial charge >= 0.3 is 11.8 Å². The van der Waals surface area contributed by atoms with Crippen molar-refractivity contribution in [1.82, 2.24) is 10.7 Å². The highest BCUT2D eigenvalue weighted by molar-refractivity contribution is 6.36. The van der Waals surface area contributed by atoms with Gasteiger partial charge in [-0.05, 0) is 29.8 Å². The van der Waals surface area contributed by atoms with Gasteiger partial charge in [0.05, 0.1) is 6.21 Å². The molecule has 0 bridgehead atoms. The van der Waals surface area contributed by atoms with Crippen molar-refractivity contribution in [2.75, 3.05) is 0 Å². The zero-order valence-electron chi connectivity index (χ0n) is 12.3. The van der Waals surface area contributed by atoms with Gasteiger partial charge in [0.1, 0.15) is 5.75 Å². The zero-order chi connectivity index (χ0) is 17.5. The number of benzene rings is 2. The predicted molar refractivity (Wildman–Crippen MR) is 92.2 cm³/mol. The van der Waals surface area contributed by atoms with Crippen LogP contribution < -0.4 is 10.7 Å². The normalized spacial score (nSPS) is 10.6. The van der Waals surface area contributed by atoms with Crippen LogP contribution in [0, 0.1) is 0 Å². The second kappa shape index (κ2) is 8.33. The summed E-state index contributed by atoms with van der Waals surface area (Å²) in [5.74, 6) is -1.79. The SMILES string of the molecule is O=C(NCc1ccc(Cl)cc1Cl)C(=O)N/N=C/c1ccccc1O. The lowest BCUT2D eigenvalue weighted by Gasteiger charge is -2.06. The van der Waals surface area contributed by atoms with E-state index < -0.39 is 11.8 Å². The molecule has 0 unspecified atom stereocenters. The van der Waals surface area contributed by atoms with Gasteiger partial charge in [-0.1, -0.05) is 41.4 Å². The van der Waals surface area contributed by atoms with E-state index in [1.807, 2.05) is 0 Å². The molecule has 0 radical (unpaired) electrons. The van der Waals surface area contributed by atoms with E-state index in [9.17, 15) is 14.7 Å². The van der Waals surface area contributed by atoms with E-state index in [2.05, 4.69) is 15.8 Å². The fourth-order valence-corrected chi connectivity index (χ4v) is 2.20. The maximum atomic E-state index is 11.7. The molecule has 0 atom stereocenters. The van der Waals surface area contributed by atoms with Crippen LogP contribution in [-0.2, 0) is 16.1 Å². The molecule has 2 aromatic carbocycles. The summed E-state index contributed by atoms with van der Waals surface area (Å²) in [7, 11) is 0. The van der Waals surface area contributed by atoms with Crippen molar-refractivity contribution in [3.8, 4) is 5.75 Å². The third-order valence-corrected chi connectivity index (χ3v) is 3.55. The van der Waals surface area contributed by atoms with Gasteiger partial charge in [-0.15, -0.1) is 0 Å². The minimum Gasteiger partial charge on any atom is -0.507 e. The molecule has 0 aliphatic carbocycles. The van der Waals surface area contributed by atoms with E-state index in [1.54, 1.807) is 36.4 Å². The topological polar surface area (TPSA) is 90.8 Å². The average molecular weight is 366 g/mol. The minimum absolute atomic E-state index is 0.0114. The molecule has 8 heteroatoms. The van der Waals surface area contributed by atoms with Crippen LogP contribution in [0.3, 0.4) is 0 Å². The average Bonchev–Trinajstić information content (AvgIpc) is 2.55. The number of rotatable bonds is 4. The number of hydrogen-bond acceptors (Lipinski definition) is 4. The Morgan fingerprint density at radius 1 is 1.12 bits per heavy atom. The molecule has 0 saturated heterocycles. The van der Waals surface area contributed by atoms with Crippen LogP contribution in [0.4, 0.5) is 0 Å². The van der Waals surface area contributed by atoms with Gasteiger partial charge in [-0.2, -0.15) is 5.10 Å². The van der Waals surface area contributed by atoms with Crippen molar-refractivity contribution in [3.63, 3.8) is 0 Å². The van der Waals surface area contributed by atoms with E-state index >= 15 is 0 Å². The van der Waals surface area contributed by atoms with Gasteiger partial charge < -0.3 is 10.4 Å². The van der Waals surface area contributed by atoms with Gasteiger partial charge in [0.2, 0.25) is 0 Å². The van der Waals surface area contributed by atoms with Crippen molar-refractivity contribution in [3.05, 3.63) is 63.6 Å². The monoisotopic (exact) mass is 365 g/mol. The van der Waals surface area contributed by atoms with Crippen LogP contribution >= 0.6 is 23.2 Å². The number of hydrogen-bond donors (Lipinski definition) is 3. The first-order chi connectivity index (χ1) is 11.5. The molecule has 124 valence electrons. The highest BCUT2D eigenvalue weighted by Gasteiger charge is 2.13. The molecule has 0 heterocycles. The lowest BCUT2D eigenvalue weighted by atomic mass is 10.2. The first-order valence-corrected chi connectivity index (χ1v) is 7.56. The Bertz CT molecular complexity index is 794. The third-order valence-electron chi connectivity index (χ3n) is 2.97. The highest BCUT2D eigenvalue weighted by Crippen LogP contribution is 2.20. The number of aromatic hydroxyl groups is 1. The standard InChI is InChI=1S/C16H13Cl2N3O3/c17-12-6-5-10(13(18)7-12)8-19-15(23)16(24)21-20-9-11-3-1-2-4-14(11)22/h1-7,9,22H,8H2,(H,19,23)(H,21,24)/b20-9+. The van der Waals surface area contributed by atoms with Gasteiger partial charge in [0.25, 0.3) is 0 Å². The number of nitrogens with zero attached hydrogens (tertiary/aromatic N) is 1. The van der Waals surface area contributed by atoms with E-state index in [4.69, 9.17) is 23.2 Å². The van der Waals surface area contributed by atoms with Crippen molar-refractivity contribution in [2.24, 2.45) is 5.10 Å². The van der Waals surface area contributed by atoms with Gasteiger partial charge in [-0.25, -0.2) is 5.43 Å². The molecule has 3 N–H and O–H groups in total. The first-order valence-electron chi connectivity index (χ1n) is 6.80. The molecular formula is C16H13Cl2N3O3. The smallest absolute Gasteiger partial charge is 0.329 e. The van der Waals surface area contributed by atoms with Crippen molar-refractivity contribution >= 4 is 41.2 Å². The summed E-state index contributed by atoms with van der Waals surface area (Å²) in [4.78, 5) is 23.3. The van der Waals surface area contributed by atoms with E-state index in [1.165, 1.54) is 12.3 Å². The number of amides is 2. The second-order valence-corrected chi connectivity index (χ2v) is 5.52. The van der Waals surface area contributed by atoms with E-state index in [-0.39, 0.29) is 12.3 Å². The summed E-state index contributed by atoms with van der Waals surface area (Å²) in [5, 5.41) is 16.4. The van der Waals surface area contributed by atoms with E-state index in [0.717, 1.165) is 0 Å². The Morgan fingerprint density at radius 3 is 2.58 bits per heavy atom.